The molecule has 1 aromatic carbocycles. The number of hydrogen-bond donors (Lipinski definition) is 2. The largest absolute Gasteiger partial charge is 0.388 e. The minimum atomic E-state index is -0.772. The fourth-order valence-corrected chi connectivity index (χ4v) is 3.57. The molecule has 0 bridgehead atoms. The van der Waals surface area contributed by atoms with Gasteiger partial charge < -0.3 is 10.2 Å². The number of aliphatic hydroxyl groups excluding tert-OH is 1. The molecule has 21 heavy (non-hydrogen) atoms. The Morgan fingerprint density at radius 3 is 2.43 bits per heavy atom. The Balaban J connectivity index is 2.10. The first-order valence-electron chi connectivity index (χ1n) is 8.15. The highest BCUT2D eigenvalue weighted by atomic mass is 16.3. The molecule has 0 spiro atoms. The molecular formula is C19H24O2. The van der Waals surface area contributed by atoms with Crippen molar-refractivity contribution in [2.24, 2.45) is 0 Å². The summed E-state index contributed by atoms with van der Waals surface area (Å²) in [6.45, 7) is 0. The van der Waals surface area contributed by atoms with Gasteiger partial charge in [-0.05, 0) is 37.7 Å². The third-order valence-electron chi connectivity index (χ3n) is 4.82. The van der Waals surface area contributed by atoms with Crippen LogP contribution in [0.25, 0.3) is 5.57 Å². The third-order valence-corrected chi connectivity index (χ3v) is 4.82. The first-order valence-corrected chi connectivity index (χ1v) is 8.15. The molecule has 0 heterocycles. The first kappa shape index (κ1) is 14.6. The lowest BCUT2D eigenvalue weighted by Crippen LogP contribution is -2.26. The van der Waals surface area contributed by atoms with Gasteiger partial charge in [-0.3, -0.25) is 0 Å². The summed E-state index contributed by atoms with van der Waals surface area (Å²) in [5.41, 5.74) is 5.56. The van der Waals surface area contributed by atoms with Crippen molar-refractivity contribution in [1.29, 1.82) is 0 Å². The van der Waals surface area contributed by atoms with Gasteiger partial charge in [0.1, 0.15) is 0 Å². The van der Waals surface area contributed by atoms with E-state index in [1.807, 2.05) is 30.3 Å². The molecule has 2 aliphatic rings. The van der Waals surface area contributed by atoms with Crippen LogP contribution in [0.2, 0.25) is 0 Å². The maximum atomic E-state index is 11.0. The van der Waals surface area contributed by atoms with Crippen LogP contribution >= 0.6 is 0 Å². The van der Waals surface area contributed by atoms with E-state index in [0.717, 1.165) is 68.1 Å². The summed E-state index contributed by atoms with van der Waals surface area (Å²) in [4.78, 5) is 0. The van der Waals surface area contributed by atoms with Crippen LogP contribution in [-0.4, -0.2) is 21.9 Å². The van der Waals surface area contributed by atoms with Crippen LogP contribution in [0.5, 0.6) is 0 Å². The zero-order valence-electron chi connectivity index (χ0n) is 12.5. The monoisotopic (exact) mass is 284 g/mol. The van der Waals surface area contributed by atoms with Gasteiger partial charge in [0, 0.05) is 11.1 Å². The Morgan fingerprint density at radius 2 is 1.76 bits per heavy atom. The zero-order chi connectivity index (χ0) is 14.7. The maximum absolute atomic E-state index is 11.0. The van der Waals surface area contributed by atoms with Crippen LogP contribution in [-0.2, 0) is 0 Å². The van der Waals surface area contributed by atoms with Gasteiger partial charge in [0.15, 0.2) is 0 Å². The predicted molar refractivity (Wildman–Crippen MR) is 84.8 cm³/mol. The van der Waals surface area contributed by atoms with Crippen molar-refractivity contribution in [3.05, 3.63) is 47.2 Å². The molecule has 0 aromatic heterocycles. The molecular weight excluding hydrogens is 260 g/mol. The van der Waals surface area contributed by atoms with E-state index in [0.29, 0.717) is 0 Å². The summed E-state index contributed by atoms with van der Waals surface area (Å²) in [5.74, 6) is 0. The van der Waals surface area contributed by atoms with Gasteiger partial charge in [-0.1, -0.05) is 49.6 Å². The molecule has 2 fully saturated rings. The minimum Gasteiger partial charge on any atom is -0.388 e. The van der Waals surface area contributed by atoms with Gasteiger partial charge in [0.25, 0.3) is 0 Å². The lowest BCUT2D eigenvalue weighted by Gasteiger charge is -2.26. The molecule has 1 unspecified atom stereocenters. The molecule has 0 radical (unpaired) electrons. The van der Waals surface area contributed by atoms with Gasteiger partial charge in [0.05, 0.1) is 11.7 Å². The van der Waals surface area contributed by atoms with E-state index >= 15 is 0 Å². The smallest absolute Gasteiger partial charge is 0.0973 e. The minimum absolute atomic E-state index is 0.387. The SMILES string of the molecule is OC1CCCCC1=C=C(c1ccccc1)C1(O)CCCC1. The van der Waals surface area contributed by atoms with E-state index < -0.39 is 5.60 Å². The van der Waals surface area contributed by atoms with E-state index in [1.165, 1.54) is 0 Å². The van der Waals surface area contributed by atoms with Crippen LogP contribution in [0.15, 0.2) is 41.6 Å². The molecule has 2 N–H and O–H groups in total. The second-order valence-corrected chi connectivity index (χ2v) is 6.39. The summed E-state index contributed by atoms with van der Waals surface area (Å²) in [7, 11) is 0. The van der Waals surface area contributed by atoms with Crippen molar-refractivity contribution in [3.63, 3.8) is 0 Å². The predicted octanol–water partition coefficient (Wildman–Crippen LogP) is 3.84. The highest BCUT2D eigenvalue weighted by molar-refractivity contribution is 5.72. The molecule has 1 aromatic rings. The van der Waals surface area contributed by atoms with Gasteiger partial charge in [-0.15, -0.1) is 5.73 Å². The normalized spacial score (nSPS) is 24.7. The Labute approximate surface area is 126 Å². The molecule has 0 amide bonds. The average molecular weight is 284 g/mol. The third kappa shape index (κ3) is 3.13. The lowest BCUT2D eigenvalue weighted by molar-refractivity contribution is 0.110. The highest BCUT2D eigenvalue weighted by Gasteiger charge is 2.36. The van der Waals surface area contributed by atoms with Crippen LogP contribution in [0, 0.1) is 0 Å². The highest BCUT2D eigenvalue weighted by Crippen LogP contribution is 2.40. The van der Waals surface area contributed by atoms with E-state index in [9.17, 15) is 10.2 Å². The molecule has 112 valence electrons. The lowest BCUT2D eigenvalue weighted by atomic mass is 9.84. The summed E-state index contributed by atoms with van der Waals surface area (Å²) in [6, 6.07) is 10.1. The average Bonchev–Trinajstić information content (AvgIpc) is 2.95. The Morgan fingerprint density at radius 1 is 1.05 bits per heavy atom. The Hall–Kier alpha value is -1.34. The first-order chi connectivity index (χ1) is 10.2. The summed E-state index contributed by atoms with van der Waals surface area (Å²) in [5, 5.41) is 21.2. The van der Waals surface area contributed by atoms with Gasteiger partial charge in [-0.25, -0.2) is 0 Å². The van der Waals surface area contributed by atoms with E-state index in [-0.39, 0.29) is 6.10 Å². The van der Waals surface area contributed by atoms with Gasteiger partial charge in [-0.2, -0.15) is 0 Å². The molecule has 2 nitrogen and oxygen atoms in total. The van der Waals surface area contributed by atoms with Crippen molar-refractivity contribution in [3.8, 4) is 0 Å². The summed E-state index contributed by atoms with van der Waals surface area (Å²) < 4.78 is 0. The molecule has 2 heteroatoms. The van der Waals surface area contributed by atoms with Crippen molar-refractivity contribution in [2.75, 3.05) is 0 Å². The van der Waals surface area contributed by atoms with Crippen LogP contribution in [0.4, 0.5) is 0 Å². The molecule has 0 aliphatic heterocycles. The second kappa shape index (κ2) is 6.19. The number of hydrogen-bond acceptors (Lipinski definition) is 2. The summed E-state index contributed by atoms with van der Waals surface area (Å²) in [6.07, 6.45) is 7.25. The fourth-order valence-electron chi connectivity index (χ4n) is 3.57. The number of aliphatic hydroxyl groups is 2. The van der Waals surface area contributed by atoms with Gasteiger partial charge >= 0.3 is 0 Å². The molecule has 3 rings (SSSR count). The van der Waals surface area contributed by atoms with Crippen LogP contribution in [0.1, 0.15) is 56.9 Å². The number of benzene rings is 1. The molecule has 2 aliphatic carbocycles. The Bertz CT molecular complexity index is 546. The van der Waals surface area contributed by atoms with Crippen LogP contribution in [0.3, 0.4) is 0 Å². The quantitative estimate of drug-likeness (QED) is 0.810. The van der Waals surface area contributed by atoms with Crippen molar-refractivity contribution in [2.45, 2.75) is 63.1 Å². The van der Waals surface area contributed by atoms with Crippen molar-refractivity contribution < 1.29 is 10.2 Å². The van der Waals surface area contributed by atoms with E-state index in [2.05, 4.69) is 5.73 Å². The molecule has 1 atom stereocenters. The van der Waals surface area contributed by atoms with Crippen molar-refractivity contribution >= 4 is 5.57 Å². The van der Waals surface area contributed by atoms with Crippen molar-refractivity contribution in [1.82, 2.24) is 0 Å². The summed E-state index contributed by atoms with van der Waals surface area (Å²) >= 11 is 0. The molecule has 0 saturated heterocycles. The topological polar surface area (TPSA) is 40.5 Å². The fraction of sp³-hybridized carbons (Fsp3) is 0.526. The Kier molecular flexibility index (Phi) is 4.30. The van der Waals surface area contributed by atoms with E-state index in [1.54, 1.807) is 0 Å². The number of rotatable bonds is 2. The maximum Gasteiger partial charge on any atom is 0.0973 e. The zero-order valence-corrected chi connectivity index (χ0v) is 12.5. The van der Waals surface area contributed by atoms with Crippen LogP contribution < -0.4 is 0 Å². The standard InChI is InChI=1S/C19H24O2/c20-18-11-5-4-10-16(18)14-17(15-8-2-1-3-9-15)19(21)12-6-7-13-19/h1-3,8-9,18,20-21H,4-7,10-13H2. The molecule has 2 saturated carbocycles. The van der Waals surface area contributed by atoms with Gasteiger partial charge in [0.2, 0.25) is 0 Å². The van der Waals surface area contributed by atoms with E-state index in [4.69, 9.17) is 0 Å². The second-order valence-electron chi connectivity index (χ2n) is 6.39.